The zero-order valence-electron chi connectivity index (χ0n) is 11.9. The summed E-state index contributed by atoms with van der Waals surface area (Å²) >= 11 is 5.90. The standard InChI is InChI=1S/C13H21ClN2O3S/c1-10(2)16(3)7-6-15-20(18,19)12-5-4-11(9-17)13(14)8-12/h4-5,8,10,15,17H,6-7,9H2,1-3H3. The molecule has 0 bridgehead atoms. The predicted molar refractivity (Wildman–Crippen MR) is 80.3 cm³/mol. The Labute approximate surface area is 125 Å². The van der Waals surface area contributed by atoms with Gasteiger partial charge in [0.2, 0.25) is 10.0 Å². The average molecular weight is 321 g/mol. The van der Waals surface area contributed by atoms with Crippen LogP contribution >= 0.6 is 11.6 Å². The minimum atomic E-state index is -3.57. The molecule has 0 aliphatic rings. The third-order valence-corrected chi connectivity index (χ3v) is 4.95. The van der Waals surface area contributed by atoms with Crippen molar-refractivity contribution in [2.24, 2.45) is 0 Å². The Balaban J connectivity index is 2.72. The lowest BCUT2D eigenvalue weighted by atomic mass is 10.2. The Kier molecular flexibility index (Phi) is 6.42. The molecule has 0 fully saturated rings. The Morgan fingerprint density at radius 2 is 2.05 bits per heavy atom. The molecule has 114 valence electrons. The molecule has 7 heteroatoms. The molecule has 0 saturated heterocycles. The minimum Gasteiger partial charge on any atom is -0.392 e. The SMILES string of the molecule is CC(C)N(C)CCNS(=O)(=O)c1ccc(CO)c(Cl)c1. The normalized spacial score (nSPS) is 12.3. The average Bonchev–Trinajstić information content (AvgIpc) is 2.38. The van der Waals surface area contributed by atoms with Crippen LogP contribution in [0.1, 0.15) is 19.4 Å². The number of sulfonamides is 1. The van der Waals surface area contributed by atoms with Crippen LogP contribution in [0.2, 0.25) is 5.02 Å². The van der Waals surface area contributed by atoms with E-state index in [0.717, 1.165) is 0 Å². The molecule has 2 N–H and O–H groups in total. The number of benzene rings is 1. The topological polar surface area (TPSA) is 69.6 Å². The van der Waals surface area contributed by atoms with E-state index >= 15 is 0 Å². The van der Waals surface area contributed by atoms with Crippen molar-refractivity contribution in [3.8, 4) is 0 Å². The first kappa shape index (κ1) is 17.4. The van der Waals surface area contributed by atoms with Crippen LogP contribution in [0.5, 0.6) is 0 Å². The third kappa shape index (κ3) is 4.71. The highest BCUT2D eigenvalue weighted by molar-refractivity contribution is 7.89. The lowest BCUT2D eigenvalue weighted by Gasteiger charge is -2.20. The molecule has 0 amide bonds. The van der Waals surface area contributed by atoms with Crippen molar-refractivity contribution < 1.29 is 13.5 Å². The van der Waals surface area contributed by atoms with E-state index in [1.54, 1.807) is 0 Å². The molecule has 1 aromatic carbocycles. The van der Waals surface area contributed by atoms with Crippen molar-refractivity contribution in [1.82, 2.24) is 9.62 Å². The molecule has 0 heterocycles. The predicted octanol–water partition coefficient (Wildman–Crippen LogP) is 1.45. The van der Waals surface area contributed by atoms with E-state index < -0.39 is 10.0 Å². The second kappa shape index (κ2) is 7.38. The second-order valence-electron chi connectivity index (χ2n) is 4.88. The van der Waals surface area contributed by atoms with Gasteiger partial charge in [-0.3, -0.25) is 0 Å². The number of nitrogens with one attached hydrogen (secondary N) is 1. The molecule has 1 aromatic rings. The van der Waals surface area contributed by atoms with E-state index in [2.05, 4.69) is 4.72 Å². The first-order valence-electron chi connectivity index (χ1n) is 6.37. The van der Waals surface area contributed by atoms with Crippen LogP contribution in [0, 0.1) is 0 Å². The van der Waals surface area contributed by atoms with Crippen LogP contribution in [-0.4, -0.2) is 44.6 Å². The largest absolute Gasteiger partial charge is 0.392 e. The highest BCUT2D eigenvalue weighted by Crippen LogP contribution is 2.20. The summed E-state index contributed by atoms with van der Waals surface area (Å²) in [5.41, 5.74) is 0.505. The molecule has 0 radical (unpaired) electrons. The summed E-state index contributed by atoms with van der Waals surface area (Å²) < 4.78 is 26.7. The highest BCUT2D eigenvalue weighted by Gasteiger charge is 2.15. The van der Waals surface area contributed by atoms with Crippen LogP contribution in [0.15, 0.2) is 23.1 Å². The maximum absolute atomic E-state index is 12.1. The lowest BCUT2D eigenvalue weighted by Crippen LogP contribution is -2.36. The van der Waals surface area contributed by atoms with Gasteiger partial charge in [-0.2, -0.15) is 0 Å². The number of rotatable bonds is 7. The summed E-state index contributed by atoms with van der Waals surface area (Å²) in [5, 5.41) is 9.26. The van der Waals surface area contributed by atoms with Gasteiger partial charge in [0.05, 0.1) is 11.5 Å². The van der Waals surface area contributed by atoms with Gasteiger partial charge in [-0.1, -0.05) is 17.7 Å². The molecular weight excluding hydrogens is 300 g/mol. The number of hydrogen-bond acceptors (Lipinski definition) is 4. The van der Waals surface area contributed by atoms with E-state index in [1.165, 1.54) is 18.2 Å². The van der Waals surface area contributed by atoms with Crippen LogP contribution in [0.25, 0.3) is 0 Å². The van der Waals surface area contributed by atoms with Crippen LogP contribution < -0.4 is 4.72 Å². The smallest absolute Gasteiger partial charge is 0.240 e. The molecule has 0 atom stereocenters. The van der Waals surface area contributed by atoms with Crippen molar-refractivity contribution in [3.05, 3.63) is 28.8 Å². The van der Waals surface area contributed by atoms with Gasteiger partial charge in [0, 0.05) is 24.2 Å². The Hall–Kier alpha value is -0.660. The summed E-state index contributed by atoms with van der Waals surface area (Å²) in [5.74, 6) is 0. The molecule has 0 spiro atoms. The number of likely N-dealkylation sites (N-methyl/N-ethyl adjacent to an activating group) is 1. The molecular formula is C13H21ClN2O3S. The van der Waals surface area contributed by atoms with E-state index in [9.17, 15) is 8.42 Å². The molecule has 0 aliphatic heterocycles. The fourth-order valence-electron chi connectivity index (χ4n) is 1.52. The van der Waals surface area contributed by atoms with Gasteiger partial charge >= 0.3 is 0 Å². The number of aliphatic hydroxyl groups is 1. The van der Waals surface area contributed by atoms with E-state index in [0.29, 0.717) is 24.7 Å². The van der Waals surface area contributed by atoms with Crippen molar-refractivity contribution in [2.75, 3.05) is 20.1 Å². The van der Waals surface area contributed by atoms with E-state index in [1.807, 2.05) is 25.8 Å². The zero-order valence-corrected chi connectivity index (χ0v) is 13.5. The van der Waals surface area contributed by atoms with Crippen molar-refractivity contribution >= 4 is 21.6 Å². The van der Waals surface area contributed by atoms with E-state index in [-0.39, 0.29) is 16.5 Å². The summed E-state index contributed by atoms with van der Waals surface area (Å²) in [6.45, 7) is 4.82. The number of nitrogens with zero attached hydrogens (tertiary/aromatic N) is 1. The van der Waals surface area contributed by atoms with Gasteiger partial charge in [0.15, 0.2) is 0 Å². The summed E-state index contributed by atoms with van der Waals surface area (Å²) in [7, 11) is -1.64. The number of halogens is 1. The Morgan fingerprint density at radius 3 is 2.55 bits per heavy atom. The Bertz CT molecular complexity index is 547. The van der Waals surface area contributed by atoms with Crippen molar-refractivity contribution in [1.29, 1.82) is 0 Å². The maximum Gasteiger partial charge on any atom is 0.240 e. The molecule has 0 aromatic heterocycles. The minimum absolute atomic E-state index is 0.104. The van der Waals surface area contributed by atoms with Gasteiger partial charge in [-0.05, 0) is 38.6 Å². The second-order valence-corrected chi connectivity index (χ2v) is 7.06. The molecule has 1 rings (SSSR count). The van der Waals surface area contributed by atoms with Crippen LogP contribution in [-0.2, 0) is 16.6 Å². The van der Waals surface area contributed by atoms with Crippen LogP contribution in [0.3, 0.4) is 0 Å². The highest BCUT2D eigenvalue weighted by atomic mass is 35.5. The fraction of sp³-hybridized carbons (Fsp3) is 0.538. The summed E-state index contributed by atoms with van der Waals surface area (Å²) in [6, 6.07) is 4.66. The van der Waals surface area contributed by atoms with Crippen LogP contribution in [0.4, 0.5) is 0 Å². The van der Waals surface area contributed by atoms with Crippen molar-refractivity contribution in [2.45, 2.75) is 31.4 Å². The molecule has 20 heavy (non-hydrogen) atoms. The molecule has 0 saturated carbocycles. The molecule has 0 unspecified atom stereocenters. The van der Waals surface area contributed by atoms with Gasteiger partial charge in [-0.25, -0.2) is 13.1 Å². The van der Waals surface area contributed by atoms with Gasteiger partial charge in [0.1, 0.15) is 0 Å². The summed E-state index contributed by atoms with van der Waals surface area (Å²) in [6.07, 6.45) is 0. The van der Waals surface area contributed by atoms with Gasteiger partial charge in [-0.15, -0.1) is 0 Å². The number of hydrogen-bond donors (Lipinski definition) is 2. The summed E-state index contributed by atoms with van der Waals surface area (Å²) in [4.78, 5) is 2.15. The molecule has 5 nitrogen and oxygen atoms in total. The lowest BCUT2D eigenvalue weighted by molar-refractivity contribution is 0.278. The fourth-order valence-corrected chi connectivity index (χ4v) is 2.87. The number of aliphatic hydroxyl groups excluding tert-OH is 1. The van der Waals surface area contributed by atoms with E-state index in [4.69, 9.17) is 16.7 Å². The maximum atomic E-state index is 12.1. The third-order valence-electron chi connectivity index (χ3n) is 3.14. The first-order valence-corrected chi connectivity index (χ1v) is 8.23. The van der Waals surface area contributed by atoms with Gasteiger partial charge in [0.25, 0.3) is 0 Å². The zero-order chi connectivity index (χ0) is 15.3. The monoisotopic (exact) mass is 320 g/mol. The molecule has 0 aliphatic carbocycles. The van der Waals surface area contributed by atoms with Crippen molar-refractivity contribution in [3.63, 3.8) is 0 Å². The quantitative estimate of drug-likeness (QED) is 0.798. The Morgan fingerprint density at radius 1 is 1.40 bits per heavy atom. The first-order chi connectivity index (χ1) is 9.27. The van der Waals surface area contributed by atoms with Gasteiger partial charge < -0.3 is 10.0 Å².